The first-order chi connectivity index (χ1) is 12.8. The monoisotopic (exact) mass is 355 g/mol. The second-order valence-electron chi connectivity index (χ2n) is 6.20. The molecule has 1 aliphatic heterocycles. The van der Waals surface area contributed by atoms with E-state index < -0.39 is 6.29 Å². The fourth-order valence-corrected chi connectivity index (χ4v) is 2.88. The van der Waals surface area contributed by atoms with Crippen LogP contribution in [0.25, 0.3) is 5.70 Å². The Hall–Kier alpha value is -2.50. The van der Waals surface area contributed by atoms with Gasteiger partial charge in [-0.3, -0.25) is 5.48 Å². The van der Waals surface area contributed by atoms with E-state index in [1.165, 1.54) is 5.56 Å². The van der Waals surface area contributed by atoms with Gasteiger partial charge in [0.25, 0.3) is 0 Å². The van der Waals surface area contributed by atoms with Crippen molar-refractivity contribution in [2.45, 2.75) is 32.0 Å². The van der Waals surface area contributed by atoms with E-state index >= 15 is 0 Å². The van der Waals surface area contributed by atoms with Crippen molar-refractivity contribution in [2.75, 3.05) is 13.7 Å². The van der Waals surface area contributed by atoms with Crippen molar-refractivity contribution < 1.29 is 19.4 Å². The molecule has 0 saturated carbocycles. The molecule has 5 heteroatoms. The van der Waals surface area contributed by atoms with E-state index in [0.29, 0.717) is 23.8 Å². The number of benzene rings is 2. The highest BCUT2D eigenvalue weighted by atomic mass is 16.7. The number of ether oxygens (including phenoxy) is 2. The lowest BCUT2D eigenvalue weighted by Crippen LogP contribution is -2.11. The fraction of sp³-hybridized carbons (Fsp3) is 0.333. The van der Waals surface area contributed by atoms with Crippen LogP contribution in [0.2, 0.25) is 0 Å². The lowest BCUT2D eigenvalue weighted by molar-refractivity contribution is -0.0821. The Morgan fingerprint density at radius 3 is 2.62 bits per heavy atom. The normalized spacial score (nSPS) is 16.1. The average molecular weight is 355 g/mol. The predicted molar refractivity (Wildman–Crippen MR) is 101 cm³/mol. The van der Waals surface area contributed by atoms with Crippen LogP contribution >= 0.6 is 0 Å². The molecule has 1 heterocycles. The first-order valence-corrected chi connectivity index (χ1v) is 8.93. The zero-order valence-electron chi connectivity index (χ0n) is 15.0. The third kappa shape index (κ3) is 5.00. The fourth-order valence-electron chi connectivity index (χ4n) is 2.88. The number of hydrogen-bond acceptors (Lipinski definition) is 5. The summed E-state index contributed by atoms with van der Waals surface area (Å²) >= 11 is 0. The third-order valence-electron chi connectivity index (χ3n) is 4.28. The van der Waals surface area contributed by atoms with E-state index in [9.17, 15) is 5.11 Å². The number of methoxy groups -OCH3 is 1. The predicted octanol–water partition coefficient (Wildman–Crippen LogP) is 3.68. The zero-order valence-corrected chi connectivity index (χ0v) is 15.0. The van der Waals surface area contributed by atoms with Gasteiger partial charge in [-0.2, -0.15) is 0 Å². The largest absolute Gasteiger partial charge is 0.493 e. The zero-order chi connectivity index (χ0) is 18.2. The maximum atomic E-state index is 9.42. The summed E-state index contributed by atoms with van der Waals surface area (Å²) in [5.74, 6) is 1.38. The molecule has 0 aliphatic carbocycles. The second-order valence-corrected chi connectivity index (χ2v) is 6.20. The highest BCUT2D eigenvalue weighted by molar-refractivity contribution is 5.67. The Bertz CT molecular complexity index is 730. The summed E-state index contributed by atoms with van der Waals surface area (Å²) in [6.45, 7) is 0.639. The van der Waals surface area contributed by atoms with Gasteiger partial charge in [-0.05, 0) is 55.5 Å². The van der Waals surface area contributed by atoms with Crippen LogP contribution in [-0.2, 0) is 11.3 Å². The van der Waals surface area contributed by atoms with Crippen LogP contribution in [0.5, 0.6) is 11.5 Å². The maximum absolute atomic E-state index is 9.42. The first kappa shape index (κ1) is 18.3. The Labute approximate surface area is 154 Å². The molecule has 2 aromatic rings. The van der Waals surface area contributed by atoms with E-state index in [4.69, 9.17) is 14.3 Å². The van der Waals surface area contributed by atoms with Crippen LogP contribution in [0.4, 0.5) is 0 Å². The van der Waals surface area contributed by atoms with Crippen LogP contribution in [0.1, 0.15) is 30.4 Å². The molecule has 0 saturated heterocycles. The number of aryl methyl sites for hydroxylation is 1. The number of nitrogens with one attached hydrogen (secondary N) is 1. The summed E-state index contributed by atoms with van der Waals surface area (Å²) in [5, 5.41) is 9.42. The molecule has 2 aromatic carbocycles. The number of unbranched alkanes of at least 4 members (excludes halogenated alkanes) is 2. The van der Waals surface area contributed by atoms with Crippen LogP contribution < -0.4 is 15.0 Å². The number of hydroxylamine groups is 1. The van der Waals surface area contributed by atoms with E-state index in [-0.39, 0.29) is 0 Å². The Morgan fingerprint density at radius 2 is 1.88 bits per heavy atom. The van der Waals surface area contributed by atoms with Crippen molar-refractivity contribution in [3.63, 3.8) is 0 Å². The quantitative estimate of drug-likeness (QED) is 0.672. The smallest absolute Gasteiger partial charge is 0.202 e. The van der Waals surface area contributed by atoms with Gasteiger partial charge in [0.1, 0.15) is 0 Å². The van der Waals surface area contributed by atoms with Crippen molar-refractivity contribution in [2.24, 2.45) is 0 Å². The minimum Gasteiger partial charge on any atom is -0.493 e. The van der Waals surface area contributed by atoms with Gasteiger partial charge in [0, 0.05) is 5.56 Å². The molecule has 2 N–H and O–H groups in total. The number of aliphatic hydroxyl groups is 1. The van der Waals surface area contributed by atoms with Crippen molar-refractivity contribution in [3.05, 3.63) is 65.7 Å². The molecule has 1 unspecified atom stereocenters. The molecule has 1 atom stereocenters. The lowest BCUT2D eigenvalue weighted by Gasteiger charge is -2.13. The van der Waals surface area contributed by atoms with Gasteiger partial charge in [0.05, 0.1) is 19.4 Å². The summed E-state index contributed by atoms with van der Waals surface area (Å²) in [5.41, 5.74) is 5.67. The summed E-state index contributed by atoms with van der Waals surface area (Å²) in [4.78, 5) is 4.92. The lowest BCUT2D eigenvalue weighted by atomic mass is 10.1. The van der Waals surface area contributed by atoms with Crippen molar-refractivity contribution in [1.29, 1.82) is 0 Å². The topological polar surface area (TPSA) is 60.0 Å². The van der Waals surface area contributed by atoms with Gasteiger partial charge in [-0.25, -0.2) is 4.84 Å². The molecule has 3 rings (SSSR count). The molecule has 5 nitrogen and oxygen atoms in total. The SMILES string of the molecule is COc1ccc(C2=CC(O)ON2)cc1OCCCCCc1ccccc1. The van der Waals surface area contributed by atoms with Crippen LogP contribution in [0.3, 0.4) is 0 Å². The maximum Gasteiger partial charge on any atom is 0.202 e. The van der Waals surface area contributed by atoms with Gasteiger partial charge in [0.2, 0.25) is 6.29 Å². The van der Waals surface area contributed by atoms with Crippen molar-refractivity contribution in [3.8, 4) is 11.5 Å². The first-order valence-electron chi connectivity index (χ1n) is 8.93. The number of aliphatic hydroxyl groups excluding tert-OH is 1. The van der Waals surface area contributed by atoms with Gasteiger partial charge < -0.3 is 14.6 Å². The highest BCUT2D eigenvalue weighted by Crippen LogP contribution is 2.31. The van der Waals surface area contributed by atoms with Crippen molar-refractivity contribution in [1.82, 2.24) is 5.48 Å². The molecular formula is C21H25NO4. The molecule has 1 aliphatic rings. The van der Waals surface area contributed by atoms with Crippen LogP contribution in [0.15, 0.2) is 54.6 Å². The van der Waals surface area contributed by atoms with Gasteiger partial charge in [0.15, 0.2) is 11.5 Å². The summed E-state index contributed by atoms with van der Waals surface area (Å²) < 4.78 is 11.3. The minimum atomic E-state index is -0.930. The molecule has 0 radical (unpaired) electrons. The van der Waals surface area contributed by atoms with E-state index in [2.05, 4.69) is 29.7 Å². The number of rotatable bonds is 9. The highest BCUT2D eigenvalue weighted by Gasteiger charge is 2.16. The minimum absolute atomic E-state index is 0.639. The van der Waals surface area contributed by atoms with Crippen molar-refractivity contribution >= 4 is 5.70 Å². The molecular weight excluding hydrogens is 330 g/mol. The van der Waals surface area contributed by atoms with Crippen LogP contribution in [0, 0.1) is 0 Å². The molecule has 0 aromatic heterocycles. The van der Waals surface area contributed by atoms with Gasteiger partial charge >= 0.3 is 0 Å². The Balaban J connectivity index is 1.48. The molecule has 0 fully saturated rings. The molecule has 138 valence electrons. The third-order valence-corrected chi connectivity index (χ3v) is 4.28. The van der Waals surface area contributed by atoms with Gasteiger partial charge in [-0.15, -0.1) is 0 Å². The Kier molecular flexibility index (Phi) is 6.52. The average Bonchev–Trinajstić information content (AvgIpc) is 3.11. The summed E-state index contributed by atoms with van der Waals surface area (Å²) in [7, 11) is 1.63. The molecule has 0 bridgehead atoms. The van der Waals surface area contributed by atoms with E-state index in [1.54, 1.807) is 13.2 Å². The van der Waals surface area contributed by atoms with E-state index in [0.717, 1.165) is 31.2 Å². The van der Waals surface area contributed by atoms with Crippen LogP contribution in [-0.4, -0.2) is 25.1 Å². The molecule has 0 spiro atoms. The molecule has 26 heavy (non-hydrogen) atoms. The number of hydrogen-bond donors (Lipinski definition) is 2. The molecule has 0 amide bonds. The standard InChI is InChI=1S/C21H25NO4/c1-24-19-12-11-17(18-15-21(23)26-22-18)14-20(19)25-13-7-3-6-10-16-8-4-2-5-9-16/h2,4-5,8-9,11-12,14-15,21-23H,3,6-7,10,13H2,1H3. The van der Waals surface area contributed by atoms with Gasteiger partial charge in [-0.1, -0.05) is 30.3 Å². The van der Waals surface area contributed by atoms with E-state index in [1.807, 2.05) is 24.3 Å². The Morgan fingerprint density at radius 1 is 1.04 bits per heavy atom. The summed E-state index contributed by atoms with van der Waals surface area (Å²) in [6, 6.07) is 16.2. The summed E-state index contributed by atoms with van der Waals surface area (Å²) in [6.07, 6.45) is 5.03. The second kappa shape index (κ2) is 9.27.